The summed E-state index contributed by atoms with van der Waals surface area (Å²) in [6.07, 6.45) is 0. The van der Waals surface area contributed by atoms with Crippen molar-refractivity contribution in [3.8, 4) is 5.75 Å². The number of rotatable bonds is 3. The minimum absolute atomic E-state index is 0.393. The molecular formula is C11H15ClN2O3S. The van der Waals surface area contributed by atoms with Crippen LogP contribution in [-0.2, 0) is 9.24 Å². The second kappa shape index (κ2) is 5.34. The third kappa shape index (κ3) is 2.88. The molecule has 0 N–H and O–H groups in total. The van der Waals surface area contributed by atoms with Crippen LogP contribution in [0, 0.1) is 0 Å². The minimum atomic E-state index is -3.60. The van der Waals surface area contributed by atoms with E-state index in [-0.39, 0.29) is 0 Å². The minimum Gasteiger partial charge on any atom is -0.495 e. The largest absolute Gasteiger partial charge is 0.495 e. The van der Waals surface area contributed by atoms with E-state index in [0.29, 0.717) is 26.2 Å². The predicted octanol–water partition coefficient (Wildman–Crippen LogP) is 1.30. The maximum Gasteiger partial charge on any atom is 0.299 e. The Balaban J connectivity index is 2.10. The summed E-state index contributed by atoms with van der Waals surface area (Å²) < 4.78 is 29.0. The van der Waals surface area contributed by atoms with E-state index in [9.17, 15) is 8.42 Å². The molecule has 0 unspecified atom stereocenters. The van der Waals surface area contributed by atoms with E-state index in [4.69, 9.17) is 15.4 Å². The molecule has 1 aromatic rings. The van der Waals surface area contributed by atoms with Gasteiger partial charge in [-0.1, -0.05) is 12.1 Å². The predicted molar refractivity (Wildman–Crippen MR) is 71.6 cm³/mol. The topological polar surface area (TPSA) is 49.9 Å². The Morgan fingerprint density at radius 3 is 2.33 bits per heavy atom. The lowest BCUT2D eigenvalue weighted by molar-refractivity contribution is 0.384. The van der Waals surface area contributed by atoms with Gasteiger partial charge in [-0.2, -0.15) is 12.7 Å². The van der Waals surface area contributed by atoms with Gasteiger partial charge in [0.1, 0.15) is 5.75 Å². The fourth-order valence-corrected chi connectivity index (χ4v) is 3.05. The zero-order chi connectivity index (χ0) is 13.2. The van der Waals surface area contributed by atoms with Crippen LogP contribution in [0.1, 0.15) is 0 Å². The zero-order valence-electron chi connectivity index (χ0n) is 10.0. The van der Waals surface area contributed by atoms with Crippen molar-refractivity contribution >= 4 is 25.6 Å². The molecular weight excluding hydrogens is 276 g/mol. The molecule has 1 fully saturated rings. The highest BCUT2D eigenvalue weighted by molar-refractivity contribution is 8.11. The number of benzene rings is 1. The number of hydrogen-bond donors (Lipinski definition) is 0. The maximum absolute atomic E-state index is 11.2. The van der Waals surface area contributed by atoms with Gasteiger partial charge in [0.15, 0.2) is 0 Å². The van der Waals surface area contributed by atoms with Crippen molar-refractivity contribution in [1.82, 2.24) is 4.31 Å². The first kappa shape index (κ1) is 13.5. The fraction of sp³-hybridized carbons (Fsp3) is 0.455. The molecule has 0 amide bonds. The van der Waals surface area contributed by atoms with E-state index in [1.54, 1.807) is 7.11 Å². The molecule has 18 heavy (non-hydrogen) atoms. The Labute approximate surface area is 111 Å². The Hall–Kier alpha value is -0.980. The summed E-state index contributed by atoms with van der Waals surface area (Å²) in [6, 6.07) is 7.69. The van der Waals surface area contributed by atoms with Crippen LogP contribution >= 0.6 is 10.7 Å². The summed E-state index contributed by atoms with van der Waals surface area (Å²) in [5.41, 5.74) is 0.978. The molecule has 0 aromatic heterocycles. The van der Waals surface area contributed by atoms with Crippen LogP contribution in [0.15, 0.2) is 24.3 Å². The van der Waals surface area contributed by atoms with Crippen molar-refractivity contribution < 1.29 is 13.2 Å². The van der Waals surface area contributed by atoms with Crippen molar-refractivity contribution in [2.24, 2.45) is 0 Å². The highest BCUT2D eigenvalue weighted by Gasteiger charge is 2.26. The summed E-state index contributed by atoms with van der Waals surface area (Å²) in [5.74, 6) is 0.791. The quantitative estimate of drug-likeness (QED) is 0.788. The number of methoxy groups -OCH3 is 1. The smallest absolute Gasteiger partial charge is 0.299 e. The van der Waals surface area contributed by atoms with Crippen LogP contribution in [0.4, 0.5) is 5.69 Å². The van der Waals surface area contributed by atoms with Gasteiger partial charge in [0, 0.05) is 36.9 Å². The number of para-hydroxylation sites is 2. The van der Waals surface area contributed by atoms with Crippen LogP contribution in [0.25, 0.3) is 0 Å². The summed E-state index contributed by atoms with van der Waals surface area (Å²) in [7, 11) is 3.34. The molecule has 0 atom stereocenters. The van der Waals surface area contributed by atoms with Gasteiger partial charge in [-0.05, 0) is 12.1 Å². The molecule has 5 nitrogen and oxygen atoms in total. The van der Waals surface area contributed by atoms with Gasteiger partial charge in [0.05, 0.1) is 12.8 Å². The fourth-order valence-electron chi connectivity index (χ4n) is 2.04. The average molecular weight is 291 g/mol. The zero-order valence-corrected chi connectivity index (χ0v) is 11.6. The first-order valence-electron chi connectivity index (χ1n) is 5.60. The van der Waals surface area contributed by atoms with Gasteiger partial charge >= 0.3 is 0 Å². The van der Waals surface area contributed by atoms with Crippen LogP contribution in [0.5, 0.6) is 5.75 Å². The number of nitrogens with zero attached hydrogens (tertiary/aromatic N) is 2. The molecule has 0 bridgehead atoms. The monoisotopic (exact) mass is 290 g/mol. The van der Waals surface area contributed by atoms with Gasteiger partial charge in [-0.3, -0.25) is 0 Å². The molecule has 0 saturated carbocycles. The molecule has 100 valence electrons. The summed E-state index contributed by atoms with van der Waals surface area (Å²) in [6.45, 7) is 1.99. The van der Waals surface area contributed by atoms with Crippen molar-refractivity contribution in [2.45, 2.75) is 0 Å². The standard InChI is InChI=1S/C11H15ClN2O3S/c1-17-11-5-3-2-4-10(11)13-6-8-14(9-7-13)18(12,15)16/h2-5H,6-9H2,1H3. The molecule has 1 saturated heterocycles. The van der Waals surface area contributed by atoms with Gasteiger partial charge < -0.3 is 9.64 Å². The number of anilines is 1. The second-order valence-corrected chi connectivity index (χ2v) is 6.51. The van der Waals surface area contributed by atoms with Gasteiger partial charge in [-0.25, -0.2) is 0 Å². The van der Waals surface area contributed by atoms with Gasteiger partial charge in [0.25, 0.3) is 9.24 Å². The number of ether oxygens (including phenoxy) is 1. The van der Waals surface area contributed by atoms with E-state index >= 15 is 0 Å². The van der Waals surface area contributed by atoms with Crippen molar-refractivity contribution in [2.75, 3.05) is 38.2 Å². The highest BCUT2D eigenvalue weighted by atomic mass is 35.7. The lowest BCUT2D eigenvalue weighted by Crippen LogP contribution is -2.47. The first-order chi connectivity index (χ1) is 8.52. The average Bonchev–Trinajstić information content (AvgIpc) is 2.38. The number of halogens is 1. The van der Waals surface area contributed by atoms with E-state index in [1.807, 2.05) is 24.3 Å². The molecule has 1 aliphatic heterocycles. The molecule has 0 aliphatic carbocycles. The summed E-state index contributed by atoms with van der Waals surface area (Å²) in [5, 5.41) is 0. The van der Waals surface area contributed by atoms with Crippen LogP contribution in [-0.4, -0.2) is 46.0 Å². The van der Waals surface area contributed by atoms with E-state index in [1.165, 1.54) is 4.31 Å². The third-order valence-corrected chi connectivity index (χ3v) is 4.54. The van der Waals surface area contributed by atoms with E-state index in [0.717, 1.165) is 11.4 Å². The molecule has 1 aromatic carbocycles. The molecule has 1 aliphatic rings. The molecule has 0 spiro atoms. The Kier molecular flexibility index (Phi) is 3.99. The van der Waals surface area contributed by atoms with E-state index < -0.39 is 9.24 Å². The Morgan fingerprint density at radius 1 is 1.17 bits per heavy atom. The Bertz CT molecular complexity index is 513. The molecule has 1 heterocycles. The second-order valence-electron chi connectivity index (χ2n) is 4.00. The summed E-state index contributed by atoms with van der Waals surface area (Å²) in [4.78, 5) is 2.09. The number of piperazine rings is 1. The first-order valence-corrected chi connectivity index (χ1v) is 7.86. The van der Waals surface area contributed by atoms with Crippen LogP contribution in [0.2, 0.25) is 0 Å². The third-order valence-electron chi connectivity index (χ3n) is 2.97. The van der Waals surface area contributed by atoms with E-state index in [2.05, 4.69) is 4.90 Å². The molecule has 7 heteroatoms. The normalized spacial score (nSPS) is 17.8. The lowest BCUT2D eigenvalue weighted by Gasteiger charge is -2.34. The number of hydrogen-bond acceptors (Lipinski definition) is 4. The SMILES string of the molecule is COc1ccccc1N1CCN(S(=O)(=O)Cl)CC1. The van der Waals surface area contributed by atoms with Crippen LogP contribution in [0.3, 0.4) is 0 Å². The van der Waals surface area contributed by atoms with Crippen LogP contribution < -0.4 is 9.64 Å². The maximum atomic E-state index is 11.2. The van der Waals surface area contributed by atoms with Crippen molar-refractivity contribution in [1.29, 1.82) is 0 Å². The van der Waals surface area contributed by atoms with Crippen molar-refractivity contribution in [3.05, 3.63) is 24.3 Å². The van der Waals surface area contributed by atoms with Crippen molar-refractivity contribution in [3.63, 3.8) is 0 Å². The summed E-state index contributed by atoms with van der Waals surface area (Å²) >= 11 is 0. The molecule has 0 radical (unpaired) electrons. The van der Waals surface area contributed by atoms with Gasteiger partial charge in [-0.15, -0.1) is 0 Å². The van der Waals surface area contributed by atoms with Gasteiger partial charge in [0.2, 0.25) is 0 Å². The molecule has 2 rings (SSSR count). The highest BCUT2D eigenvalue weighted by Crippen LogP contribution is 2.28. The Morgan fingerprint density at radius 2 is 1.78 bits per heavy atom. The lowest BCUT2D eigenvalue weighted by atomic mass is 10.2.